The van der Waals surface area contributed by atoms with Crippen molar-refractivity contribution in [2.75, 3.05) is 19.4 Å². The summed E-state index contributed by atoms with van der Waals surface area (Å²) in [5.74, 6) is 0.363. The first-order chi connectivity index (χ1) is 6.69. The number of nitrogens with one attached hydrogen (secondary N) is 1. The smallest absolute Gasteiger partial charge is 0.255 e. The molecule has 0 spiro atoms. The highest BCUT2D eigenvalue weighted by molar-refractivity contribution is 5.97. The van der Waals surface area contributed by atoms with E-state index >= 15 is 0 Å². The first-order valence-electron chi connectivity index (χ1n) is 4.40. The Morgan fingerprint density at radius 1 is 1.57 bits per heavy atom. The molecule has 0 unspecified atom stereocenters. The van der Waals surface area contributed by atoms with Crippen molar-refractivity contribution >= 4 is 11.6 Å². The first-order valence-corrected chi connectivity index (χ1v) is 4.40. The van der Waals surface area contributed by atoms with Crippen molar-refractivity contribution in [2.24, 2.45) is 0 Å². The second kappa shape index (κ2) is 4.50. The van der Waals surface area contributed by atoms with Crippen molar-refractivity contribution in [3.05, 3.63) is 23.8 Å². The third kappa shape index (κ3) is 2.16. The van der Waals surface area contributed by atoms with Gasteiger partial charge < -0.3 is 15.8 Å². The lowest BCUT2D eigenvalue weighted by Gasteiger charge is -2.08. The van der Waals surface area contributed by atoms with Gasteiger partial charge >= 0.3 is 0 Å². The Hall–Kier alpha value is -1.71. The van der Waals surface area contributed by atoms with Gasteiger partial charge in [0, 0.05) is 12.2 Å². The van der Waals surface area contributed by atoms with Crippen LogP contribution in [0.3, 0.4) is 0 Å². The first kappa shape index (κ1) is 10.4. The molecular formula is C10H14N2O2. The van der Waals surface area contributed by atoms with Crippen molar-refractivity contribution < 1.29 is 9.53 Å². The van der Waals surface area contributed by atoms with Gasteiger partial charge in [-0.25, -0.2) is 0 Å². The fraction of sp³-hybridized carbons (Fsp3) is 0.300. The maximum absolute atomic E-state index is 11.5. The van der Waals surface area contributed by atoms with Gasteiger partial charge in [0.15, 0.2) is 0 Å². The zero-order chi connectivity index (χ0) is 10.6. The molecule has 0 aromatic heterocycles. The standard InChI is InChI=1S/C10H14N2O2/c1-3-12-10(13)8-6-7(11)4-5-9(8)14-2/h4-6H,3,11H2,1-2H3,(H,12,13). The van der Waals surface area contributed by atoms with Gasteiger partial charge in [0.25, 0.3) is 5.91 Å². The average Bonchev–Trinajstić information content (AvgIpc) is 2.18. The lowest BCUT2D eigenvalue weighted by Crippen LogP contribution is -2.23. The van der Waals surface area contributed by atoms with Crippen LogP contribution in [-0.4, -0.2) is 19.6 Å². The van der Waals surface area contributed by atoms with Crippen LogP contribution in [0.15, 0.2) is 18.2 Å². The minimum Gasteiger partial charge on any atom is -0.496 e. The number of rotatable bonds is 3. The summed E-state index contributed by atoms with van der Waals surface area (Å²) < 4.78 is 5.05. The summed E-state index contributed by atoms with van der Waals surface area (Å²) >= 11 is 0. The monoisotopic (exact) mass is 194 g/mol. The van der Waals surface area contributed by atoms with Gasteiger partial charge in [-0.05, 0) is 25.1 Å². The van der Waals surface area contributed by atoms with Crippen LogP contribution < -0.4 is 15.8 Å². The maximum atomic E-state index is 11.5. The zero-order valence-corrected chi connectivity index (χ0v) is 8.33. The predicted octanol–water partition coefficient (Wildman–Crippen LogP) is 1.03. The number of nitrogens with two attached hydrogens (primary N) is 1. The maximum Gasteiger partial charge on any atom is 0.255 e. The Kier molecular flexibility index (Phi) is 3.34. The highest BCUT2D eigenvalue weighted by Gasteiger charge is 2.10. The third-order valence-corrected chi connectivity index (χ3v) is 1.81. The van der Waals surface area contributed by atoms with E-state index < -0.39 is 0 Å². The minimum atomic E-state index is -0.170. The van der Waals surface area contributed by atoms with Crippen molar-refractivity contribution in [2.45, 2.75) is 6.92 Å². The summed E-state index contributed by atoms with van der Waals surface area (Å²) in [6.07, 6.45) is 0. The van der Waals surface area contributed by atoms with E-state index in [2.05, 4.69) is 5.32 Å². The highest BCUT2D eigenvalue weighted by Crippen LogP contribution is 2.20. The molecule has 1 rings (SSSR count). The molecule has 3 N–H and O–H groups in total. The summed E-state index contributed by atoms with van der Waals surface area (Å²) in [6.45, 7) is 2.44. The molecule has 0 aliphatic heterocycles. The fourth-order valence-electron chi connectivity index (χ4n) is 1.16. The van der Waals surface area contributed by atoms with Gasteiger partial charge in [-0.3, -0.25) is 4.79 Å². The molecule has 4 nitrogen and oxygen atoms in total. The third-order valence-electron chi connectivity index (χ3n) is 1.81. The molecule has 0 heterocycles. The fourth-order valence-corrected chi connectivity index (χ4v) is 1.16. The number of carbonyl (C=O) groups is 1. The Morgan fingerprint density at radius 2 is 2.29 bits per heavy atom. The second-order valence-corrected chi connectivity index (χ2v) is 2.82. The zero-order valence-electron chi connectivity index (χ0n) is 8.33. The molecule has 4 heteroatoms. The van der Waals surface area contributed by atoms with Crippen molar-refractivity contribution in [1.82, 2.24) is 5.32 Å². The number of amides is 1. The molecule has 0 aliphatic rings. The number of hydrogen-bond donors (Lipinski definition) is 2. The number of carbonyl (C=O) groups excluding carboxylic acids is 1. The van der Waals surface area contributed by atoms with Crippen LogP contribution in [0.25, 0.3) is 0 Å². The van der Waals surface area contributed by atoms with Crippen LogP contribution >= 0.6 is 0 Å². The normalized spacial score (nSPS) is 9.57. The minimum absolute atomic E-state index is 0.170. The number of anilines is 1. The van der Waals surface area contributed by atoms with Gasteiger partial charge in [-0.1, -0.05) is 0 Å². The Bertz CT molecular complexity index is 337. The number of nitrogen functional groups attached to an aromatic ring is 1. The topological polar surface area (TPSA) is 64.4 Å². The summed E-state index contributed by atoms with van der Waals surface area (Å²) in [4.78, 5) is 11.5. The predicted molar refractivity (Wildman–Crippen MR) is 55.4 cm³/mol. The van der Waals surface area contributed by atoms with Gasteiger partial charge in [-0.2, -0.15) is 0 Å². The van der Waals surface area contributed by atoms with E-state index in [9.17, 15) is 4.79 Å². The summed E-state index contributed by atoms with van der Waals surface area (Å²) in [5, 5.41) is 2.69. The Labute approximate surface area is 83.1 Å². The second-order valence-electron chi connectivity index (χ2n) is 2.82. The van der Waals surface area contributed by atoms with Gasteiger partial charge in [-0.15, -0.1) is 0 Å². The lowest BCUT2D eigenvalue weighted by molar-refractivity contribution is 0.0953. The number of ether oxygens (including phenoxy) is 1. The molecular weight excluding hydrogens is 180 g/mol. The van der Waals surface area contributed by atoms with E-state index in [1.54, 1.807) is 18.2 Å². The van der Waals surface area contributed by atoms with E-state index in [4.69, 9.17) is 10.5 Å². The van der Waals surface area contributed by atoms with Crippen molar-refractivity contribution in [3.8, 4) is 5.75 Å². The van der Waals surface area contributed by atoms with Crippen molar-refractivity contribution in [3.63, 3.8) is 0 Å². The van der Waals surface area contributed by atoms with Crippen LogP contribution in [0.1, 0.15) is 17.3 Å². The molecule has 1 aromatic rings. The van der Waals surface area contributed by atoms with Gasteiger partial charge in [0.05, 0.1) is 12.7 Å². The highest BCUT2D eigenvalue weighted by atomic mass is 16.5. The van der Waals surface area contributed by atoms with Crippen LogP contribution in [0.5, 0.6) is 5.75 Å². The van der Waals surface area contributed by atoms with E-state index in [1.165, 1.54) is 7.11 Å². The molecule has 0 atom stereocenters. The van der Waals surface area contributed by atoms with Crippen molar-refractivity contribution in [1.29, 1.82) is 0 Å². The summed E-state index contributed by atoms with van der Waals surface area (Å²) in [5.41, 5.74) is 6.60. The van der Waals surface area contributed by atoms with E-state index in [1.807, 2.05) is 6.92 Å². The molecule has 0 saturated heterocycles. The molecule has 14 heavy (non-hydrogen) atoms. The molecule has 0 saturated carbocycles. The van der Waals surface area contributed by atoms with Crippen LogP contribution in [-0.2, 0) is 0 Å². The van der Waals surface area contributed by atoms with E-state index in [0.29, 0.717) is 23.5 Å². The van der Waals surface area contributed by atoms with E-state index in [0.717, 1.165) is 0 Å². The quantitative estimate of drug-likeness (QED) is 0.706. The molecule has 76 valence electrons. The Balaban J connectivity index is 3.03. The van der Waals surface area contributed by atoms with Gasteiger partial charge in [0.2, 0.25) is 0 Å². The number of hydrogen-bond acceptors (Lipinski definition) is 3. The lowest BCUT2D eigenvalue weighted by atomic mass is 10.1. The summed E-state index contributed by atoms with van der Waals surface area (Å²) in [7, 11) is 1.52. The van der Waals surface area contributed by atoms with Crippen LogP contribution in [0.4, 0.5) is 5.69 Å². The molecule has 0 radical (unpaired) electrons. The van der Waals surface area contributed by atoms with Gasteiger partial charge in [0.1, 0.15) is 5.75 Å². The molecule has 1 aromatic carbocycles. The number of methoxy groups -OCH3 is 1. The van der Waals surface area contributed by atoms with Crippen LogP contribution in [0, 0.1) is 0 Å². The van der Waals surface area contributed by atoms with Crippen LogP contribution in [0.2, 0.25) is 0 Å². The van der Waals surface area contributed by atoms with E-state index in [-0.39, 0.29) is 5.91 Å². The Morgan fingerprint density at radius 3 is 2.86 bits per heavy atom. The summed E-state index contributed by atoms with van der Waals surface area (Å²) in [6, 6.07) is 4.98. The molecule has 0 aliphatic carbocycles. The average molecular weight is 194 g/mol. The molecule has 0 fully saturated rings. The molecule has 0 bridgehead atoms. The largest absolute Gasteiger partial charge is 0.496 e. The number of benzene rings is 1. The SMILES string of the molecule is CCNC(=O)c1cc(N)ccc1OC. The molecule has 1 amide bonds.